The van der Waals surface area contributed by atoms with Gasteiger partial charge in [0, 0.05) is 12.3 Å². The molecule has 2 saturated carbocycles. The van der Waals surface area contributed by atoms with Crippen molar-refractivity contribution in [2.45, 2.75) is 62.3 Å². The predicted molar refractivity (Wildman–Crippen MR) is 68.3 cm³/mol. The normalized spacial score (nSPS) is 60.7. The van der Waals surface area contributed by atoms with Crippen LogP contribution in [0.1, 0.15) is 27.2 Å². The van der Waals surface area contributed by atoms with Crippen molar-refractivity contribution < 1.29 is 34.0 Å². The summed E-state index contributed by atoms with van der Waals surface area (Å²) in [7, 11) is 0. The standard InChI is InChI=1S/C15H18O7/c1-12(2,18)6-7-10(16)20-8(6)9-13(3)14(7,19)4-5-15(13,22-5)11(17)21-9/h5-9,18-19H,4H2,1-3H3/t5?,6-,7?,8+,9+,13+,14+,15?/m0/s1. The Balaban J connectivity index is 1.76. The predicted octanol–water partition coefficient (Wildman–Crippen LogP) is -0.867. The third kappa shape index (κ3) is 0.962. The Kier molecular flexibility index (Phi) is 1.85. The first-order valence-electron chi connectivity index (χ1n) is 7.63. The van der Waals surface area contributed by atoms with Gasteiger partial charge >= 0.3 is 11.9 Å². The van der Waals surface area contributed by atoms with Crippen LogP contribution in [-0.2, 0) is 23.8 Å². The highest BCUT2D eigenvalue weighted by Gasteiger charge is 2.95. The summed E-state index contributed by atoms with van der Waals surface area (Å²) < 4.78 is 16.5. The molecular formula is C15H18O7. The molecule has 2 N–H and O–H groups in total. The number of hydrogen-bond donors (Lipinski definition) is 2. The van der Waals surface area contributed by atoms with E-state index in [-0.39, 0.29) is 6.42 Å². The summed E-state index contributed by atoms with van der Waals surface area (Å²) in [5, 5.41) is 21.9. The molecule has 22 heavy (non-hydrogen) atoms. The fraction of sp³-hybridized carbons (Fsp3) is 0.867. The van der Waals surface area contributed by atoms with Crippen molar-refractivity contribution in [2.24, 2.45) is 17.3 Å². The number of rotatable bonds is 1. The summed E-state index contributed by atoms with van der Waals surface area (Å²) in [4.78, 5) is 24.8. The highest BCUT2D eigenvalue weighted by atomic mass is 16.7. The lowest BCUT2D eigenvalue weighted by atomic mass is 9.52. The number of hydrogen-bond acceptors (Lipinski definition) is 7. The molecule has 3 aliphatic heterocycles. The van der Waals surface area contributed by atoms with Gasteiger partial charge in [0.15, 0.2) is 6.10 Å². The highest BCUT2D eigenvalue weighted by molar-refractivity contribution is 5.91. The van der Waals surface area contributed by atoms with Gasteiger partial charge in [0.05, 0.1) is 22.5 Å². The molecule has 3 unspecified atom stereocenters. The molecule has 0 aromatic heterocycles. The van der Waals surface area contributed by atoms with Crippen molar-refractivity contribution in [3.63, 3.8) is 0 Å². The monoisotopic (exact) mass is 310 g/mol. The van der Waals surface area contributed by atoms with E-state index in [2.05, 4.69) is 0 Å². The molecule has 3 heterocycles. The minimum absolute atomic E-state index is 0.189. The van der Waals surface area contributed by atoms with E-state index < -0.39 is 64.3 Å². The summed E-state index contributed by atoms with van der Waals surface area (Å²) in [5.74, 6) is -2.51. The first-order chi connectivity index (χ1) is 10.1. The molecule has 7 nitrogen and oxygen atoms in total. The van der Waals surface area contributed by atoms with Crippen LogP contribution >= 0.6 is 0 Å². The van der Waals surface area contributed by atoms with Gasteiger partial charge in [0.25, 0.3) is 0 Å². The largest absolute Gasteiger partial charge is 0.458 e. The minimum Gasteiger partial charge on any atom is -0.458 e. The number of aliphatic hydroxyl groups is 2. The molecule has 5 fully saturated rings. The number of carbonyl (C=O) groups is 2. The van der Waals surface area contributed by atoms with Crippen LogP contribution in [0.25, 0.3) is 0 Å². The smallest absolute Gasteiger partial charge is 0.342 e. The van der Waals surface area contributed by atoms with E-state index in [1.807, 2.05) is 0 Å². The van der Waals surface area contributed by atoms with Crippen LogP contribution in [0.5, 0.6) is 0 Å². The van der Waals surface area contributed by atoms with E-state index in [0.717, 1.165) is 0 Å². The molecule has 0 radical (unpaired) electrons. The van der Waals surface area contributed by atoms with Gasteiger partial charge in [0.1, 0.15) is 12.2 Å². The Hall–Kier alpha value is -1.18. The first-order valence-corrected chi connectivity index (χ1v) is 7.63. The second-order valence-corrected chi connectivity index (χ2v) is 8.06. The number of ether oxygens (including phenoxy) is 3. The molecule has 0 aromatic carbocycles. The fourth-order valence-corrected chi connectivity index (χ4v) is 5.83. The lowest BCUT2D eigenvalue weighted by Gasteiger charge is -2.53. The van der Waals surface area contributed by atoms with Gasteiger partial charge in [-0.2, -0.15) is 0 Å². The summed E-state index contributed by atoms with van der Waals surface area (Å²) in [6.45, 7) is 4.92. The van der Waals surface area contributed by atoms with E-state index in [1.54, 1.807) is 20.8 Å². The van der Waals surface area contributed by atoms with Crippen LogP contribution in [0.2, 0.25) is 0 Å². The van der Waals surface area contributed by atoms with Crippen molar-refractivity contribution in [3.05, 3.63) is 0 Å². The molecule has 5 rings (SSSR count). The Morgan fingerprint density at radius 1 is 1.27 bits per heavy atom. The van der Waals surface area contributed by atoms with E-state index in [9.17, 15) is 19.8 Å². The highest BCUT2D eigenvalue weighted by Crippen LogP contribution is 2.77. The third-order valence-electron chi connectivity index (χ3n) is 6.85. The molecule has 2 aliphatic carbocycles. The van der Waals surface area contributed by atoms with Crippen LogP contribution < -0.4 is 0 Å². The van der Waals surface area contributed by atoms with Gasteiger partial charge in [0.2, 0.25) is 5.60 Å². The fourth-order valence-electron chi connectivity index (χ4n) is 5.83. The van der Waals surface area contributed by atoms with Crippen molar-refractivity contribution in [1.29, 1.82) is 0 Å². The van der Waals surface area contributed by atoms with Crippen molar-refractivity contribution in [2.75, 3.05) is 0 Å². The lowest BCUT2D eigenvalue weighted by Crippen LogP contribution is -2.68. The summed E-state index contributed by atoms with van der Waals surface area (Å²) in [6, 6.07) is 0. The molecule has 8 atom stereocenters. The Bertz CT molecular complexity index is 638. The van der Waals surface area contributed by atoms with Crippen molar-refractivity contribution >= 4 is 11.9 Å². The van der Waals surface area contributed by atoms with Crippen LogP contribution in [0, 0.1) is 17.3 Å². The van der Waals surface area contributed by atoms with Crippen molar-refractivity contribution in [1.82, 2.24) is 0 Å². The molecule has 5 aliphatic rings. The van der Waals surface area contributed by atoms with Crippen LogP contribution in [-0.4, -0.2) is 57.3 Å². The molecule has 3 saturated heterocycles. The van der Waals surface area contributed by atoms with Gasteiger partial charge in [-0.1, -0.05) is 0 Å². The van der Waals surface area contributed by atoms with E-state index >= 15 is 0 Å². The van der Waals surface area contributed by atoms with Gasteiger partial charge in [-0.3, -0.25) is 4.79 Å². The number of fused-ring (bicyclic) bond motifs is 4. The molecule has 120 valence electrons. The molecular weight excluding hydrogens is 292 g/mol. The first kappa shape index (κ1) is 13.3. The number of carbonyl (C=O) groups excluding carboxylic acids is 2. The maximum absolute atomic E-state index is 12.4. The Morgan fingerprint density at radius 2 is 1.95 bits per heavy atom. The molecule has 1 spiro atoms. The zero-order valence-electron chi connectivity index (χ0n) is 12.5. The van der Waals surface area contributed by atoms with Crippen molar-refractivity contribution in [3.8, 4) is 0 Å². The number of esters is 2. The molecule has 0 aromatic rings. The lowest BCUT2D eigenvalue weighted by molar-refractivity contribution is -0.223. The van der Waals surface area contributed by atoms with Gasteiger partial charge in [-0.05, 0) is 20.8 Å². The topological polar surface area (TPSA) is 106 Å². The molecule has 0 amide bonds. The SMILES string of the molecule is CC(C)(O)[C@H]1C2C(=O)O[C@H]1[C@H]1OC(=O)C34OC3C[C@]2(O)[C@@]14C. The molecule has 2 bridgehead atoms. The van der Waals surface area contributed by atoms with E-state index in [1.165, 1.54) is 0 Å². The summed E-state index contributed by atoms with van der Waals surface area (Å²) >= 11 is 0. The second kappa shape index (κ2) is 3.07. The van der Waals surface area contributed by atoms with Crippen LogP contribution in [0.4, 0.5) is 0 Å². The maximum atomic E-state index is 12.4. The number of epoxide rings is 1. The van der Waals surface area contributed by atoms with Crippen LogP contribution in [0.15, 0.2) is 0 Å². The van der Waals surface area contributed by atoms with Gasteiger partial charge < -0.3 is 24.4 Å². The summed E-state index contributed by atoms with van der Waals surface area (Å²) in [5.41, 5.74) is -4.89. The van der Waals surface area contributed by atoms with Gasteiger partial charge in [-0.25, -0.2) is 4.79 Å². The third-order valence-corrected chi connectivity index (χ3v) is 6.85. The maximum Gasteiger partial charge on any atom is 0.342 e. The summed E-state index contributed by atoms with van der Waals surface area (Å²) in [6.07, 6.45) is -1.78. The Labute approximate surface area is 126 Å². The average Bonchev–Trinajstić information content (AvgIpc) is 2.85. The zero-order valence-corrected chi connectivity index (χ0v) is 12.5. The second-order valence-electron chi connectivity index (χ2n) is 8.06. The van der Waals surface area contributed by atoms with E-state index in [0.29, 0.717) is 0 Å². The molecule has 7 heteroatoms. The average molecular weight is 310 g/mol. The van der Waals surface area contributed by atoms with Crippen LogP contribution in [0.3, 0.4) is 0 Å². The zero-order chi connectivity index (χ0) is 15.9. The van der Waals surface area contributed by atoms with E-state index in [4.69, 9.17) is 14.2 Å². The minimum atomic E-state index is -1.47. The van der Waals surface area contributed by atoms with Gasteiger partial charge in [-0.15, -0.1) is 0 Å². The quantitative estimate of drug-likeness (QED) is 0.479. The Morgan fingerprint density at radius 3 is 2.59 bits per heavy atom.